The van der Waals surface area contributed by atoms with Crippen molar-refractivity contribution >= 4 is 74.7 Å². The Labute approximate surface area is 462 Å². The number of fused-ring (bicyclic) bond motifs is 3. The summed E-state index contributed by atoms with van der Waals surface area (Å²) in [6.45, 7) is 4.71. The number of rotatable bonds is 13. The monoisotopic (exact) mass is 1030 g/mol. The van der Waals surface area contributed by atoms with Gasteiger partial charge in [-0.3, -0.25) is 0 Å². The minimum atomic E-state index is -2.74. The van der Waals surface area contributed by atoms with Crippen LogP contribution in [0.3, 0.4) is 0 Å². The molecule has 0 spiro atoms. The molecule has 3 heteroatoms. The van der Waals surface area contributed by atoms with Crippen LogP contribution in [0.1, 0.15) is 25.0 Å². The molecule has 0 saturated heterocycles. The number of nitrogens with zero attached hydrogens (tertiary/aromatic N) is 1. The van der Waals surface area contributed by atoms with Crippen LogP contribution >= 0.6 is 0 Å². The minimum absolute atomic E-state index is 0.0696. The fourth-order valence-corrected chi connectivity index (χ4v) is 22.3. The molecule has 12 aromatic rings. The molecule has 0 atom stereocenters. The van der Waals surface area contributed by atoms with Crippen molar-refractivity contribution in [1.82, 2.24) is 0 Å². The van der Waals surface area contributed by atoms with Crippen molar-refractivity contribution in [1.29, 1.82) is 0 Å². The van der Waals surface area contributed by atoms with E-state index in [0.717, 1.165) is 17.1 Å². The van der Waals surface area contributed by atoms with Crippen LogP contribution in [0.5, 0.6) is 0 Å². The van der Waals surface area contributed by atoms with Gasteiger partial charge in [0.2, 0.25) is 0 Å². The van der Waals surface area contributed by atoms with Crippen molar-refractivity contribution in [2.75, 3.05) is 4.90 Å². The largest absolute Gasteiger partial charge is 0.311 e. The molecule has 0 unspecified atom stereocenters. The Morgan fingerprint density at radius 2 is 0.487 bits per heavy atom. The smallest absolute Gasteiger partial charge is 0.179 e. The standard InChI is InChI=1S/C75H59NSi2/c1-75(2)73-36-22-21-35-71(73)72-54-43-59(55-74(72)75)58-39-46-61(47-40-58)76(62-48-52-70(53-49-62)78(66-29-15-6-16-30-66,67-31-17-7-18-32-67)68-33-19-8-20-34-68)60-44-37-56(38-45-60)57-41-50-69(51-42-57)77(63-23-9-3-10-24-63,64-25-11-4-12-26-64)65-27-13-5-14-28-65/h3-55H,1-2H3. The highest BCUT2D eigenvalue weighted by molar-refractivity contribution is 7.20. The van der Waals surface area contributed by atoms with Crippen LogP contribution in [0.4, 0.5) is 17.1 Å². The third-order valence-electron chi connectivity index (χ3n) is 16.6. The Morgan fingerprint density at radius 1 is 0.231 bits per heavy atom. The molecule has 0 heterocycles. The quantitative estimate of drug-likeness (QED) is 0.0822. The maximum Gasteiger partial charge on any atom is 0.179 e. The molecule has 0 aromatic heterocycles. The summed E-state index contributed by atoms with van der Waals surface area (Å²) < 4.78 is 0. The maximum absolute atomic E-state index is 2.74. The van der Waals surface area contributed by atoms with Gasteiger partial charge in [0.25, 0.3) is 0 Å². The zero-order chi connectivity index (χ0) is 52.5. The number of hydrogen-bond acceptors (Lipinski definition) is 1. The SMILES string of the molecule is CC1(C)c2ccccc2-c2ccc(-c3ccc(N(c4ccc(-c5ccc([Si](c6ccccc6)(c6ccccc6)c6ccccc6)cc5)cc4)c4ccc([Si](c5ccccc5)(c5ccccc5)c5ccccc5)cc4)cc3)cc21. The molecule has 0 aliphatic heterocycles. The van der Waals surface area contributed by atoms with Crippen molar-refractivity contribution in [3.63, 3.8) is 0 Å². The highest BCUT2D eigenvalue weighted by Gasteiger charge is 2.43. The van der Waals surface area contributed by atoms with Gasteiger partial charge >= 0.3 is 0 Å². The van der Waals surface area contributed by atoms with E-state index in [1.54, 1.807) is 0 Å². The second-order valence-electron chi connectivity index (χ2n) is 21.2. The normalized spacial score (nSPS) is 12.6. The third kappa shape index (κ3) is 8.31. The highest BCUT2D eigenvalue weighted by Crippen LogP contribution is 2.49. The zero-order valence-corrected chi connectivity index (χ0v) is 46.0. The number of benzene rings is 12. The lowest BCUT2D eigenvalue weighted by molar-refractivity contribution is 0.660. The molecule has 78 heavy (non-hydrogen) atoms. The number of hydrogen-bond donors (Lipinski definition) is 0. The number of anilines is 3. The van der Waals surface area contributed by atoms with E-state index in [0.29, 0.717) is 0 Å². The maximum atomic E-state index is 2.42. The van der Waals surface area contributed by atoms with Gasteiger partial charge in [-0.25, -0.2) is 0 Å². The van der Waals surface area contributed by atoms with Gasteiger partial charge in [-0.05, 0) is 128 Å². The Morgan fingerprint density at radius 3 is 0.859 bits per heavy atom. The Kier molecular flexibility index (Phi) is 12.7. The molecule has 0 amide bonds. The van der Waals surface area contributed by atoms with Crippen molar-refractivity contribution in [3.8, 4) is 33.4 Å². The molecule has 13 rings (SSSR count). The van der Waals surface area contributed by atoms with E-state index in [1.807, 2.05) is 0 Å². The fourth-order valence-electron chi connectivity index (χ4n) is 12.8. The average Bonchev–Trinajstić information content (AvgIpc) is 3.79. The first kappa shape index (κ1) is 48.5. The van der Waals surface area contributed by atoms with E-state index in [2.05, 4.69) is 340 Å². The van der Waals surface area contributed by atoms with E-state index < -0.39 is 16.1 Å². The van der Waals surface area contributed by atoms with Gasteiger partial charge in [0.05, 0.1) is 0 Å². The molecule has 0 bridgehead atoms. The van der Waals surface area contributed by atoms with Crippen LogP contribution in [-0.4, -0.2) is 16.1 Å². The zero-order valence-electron chi connectivity index (χ0n) is 44.0. The van der Waals surface area contributed by atoms with E-state index in [9.17, 15) is 0 Å². The van der Waals surface area contributed by atoms with E-state index in [4.69, 9.17) is 0 Å². The summed E-state index contributed by atoms with van der Waals surface area (Å²) in [5.74, 6) is 0. The molecule has 1 aliphatic carbocycles. The van der Waals surface area contributed by atoms with Gasteiger partial charge in [-0.15, -0.1) is 0 Å². The van der Waals surface area contributed by atoms with Crippen molar-refractivity contribution < 1.29 is 0 Å². The summed E-state index contributed by atoms with van der Waals surface area (Å²) in [4.78, 5) is 2.42. The van der Waals surface area contributed by atoms with Gasteiger partial charge in [-0.1, -0.05) is 293 Å². The Balaban J connectivity index is 0.901. The van der Waals surface area contributed by atoms with Crippen molar-refractivity contribution in [2.24, 2.45) is 0 Å². The Bertz CT molecular complexity index is 3790. The molecular weight excluding hydrogens is 971 g/mol. The summed E-state index contributed by atoms with van der Waals surface area (Å²) in [5, 5.41) is 10.9. The lowest BCUT2D eigenvalue weighted by Gasteiger charge is -2.35. The first-order valence-electron chi connectivity index (χ1n) is 27.2. The molecular formula is C75H59NSi2. The lowest BCUT2D eigenvalue weighted by Crippen LogP contribution is -2.74. The second kappa shape index (κ2) is 20.4. The first-order chi connectivity index (χ1) is 38.4. The summed E-state index contributed by atoms with van der Waals surface area (Å²) >= 11 is 0. The minimum Gasteiger partial charge on any atom is -0.311 e. The second-order valence-corrected chi connectivity index (χ2v) is 28.8. The molecule has 0 fully saturated rings. The van der Waals surface area contributed by atoms with Gasteiger partial charge in [-0.2, -0.15) is 0 Å². The van der Waals surface area contributed by atoms with Crippen LogP contribution in [-0.2, 0) is 5.41 Å². The predicted octanol–water partition coefficient (Wildman–Crippen LogP) is 13.6. The van der Waals surface area contributed by atoms with Crippen molar-refractivity contribution in [2.45, 2.75) is 19.3 Å². The lowest BCUT2D eigenvalue weighted by atomic mass is 9.81. The summed E-state index contributed by atoms with van der Waals surface area (Å²) in [5.41, 5.74) is 13.5. The summed E-state index contributed by atoms with van der Waals surface area (Å²) in [7, 11) is -5.39. The molecule has 1 nitrogen and oxygen atoms in total. The van der Waals surface area contributed by atoms with Gasteiger partial charge in [0.1, 0.15) is 0 Å². The molecule has 0 N–H and O–H groups in total. The van der Waals surface area contributed by atoms with E-state index in [-0.39, 0.29) is 5.41 Å². The van der Waals surface area contributed by atoms with Gasteiger partial charge in [0, 0.05) is 22.5 Å². The molecule has 0 radical (unpaired) electrons. The van der Waals surface area contributed by atoms with Gasteiger partial charge < -0.3 is 4.90 Å². The highest BCUT2D eigenvalue weighted by atomic mass is 28.3. The van der Waals surface area contributed by atoms with Crippen LogP contribution < -0.4 is 46.4 Å². The van der Waals surface area contributed by atoms with Crippen LogP contribution in [0, 0.1) is 0 Å². The fraction of sp³-hybridized carbons (Fsp3) is 0.0400. The average molecular weight is 1030 g/mol. The molecule has 12 aromatic carbocycles. The Hall–Kier alpha value is -9.13. The van der Waals surface area contributed by atoms with Gasteiger partial charge in [0.15, 0.2) is 16.1 Å². The summed E-state index contributed by atoms with van der Waals surface area (Å²) in [6.07, 6.45) is 0. The van der Waals surface area contributed by atoms with Crippen molar-refractivity contribution in [3.05, 3.63) is 333 Å². The van der Waals surface area contributed by atoms with Crippen LogP contribution in [0.25, 0.3) is 33.4 Å². The molecule has 1 aliphatic rings. The third-order valence-corrected chi connectivity index (χ3v) is 26.2. The molecule has 0 saturated carbocycles. The molecule has 372 valence electrons. The van der Waals surface area contributed by atoms with E-state index >= 15 is 0 Å². The first-order valence-corrected chi connectivity index (χ1v) is 31.2. The topological polar surface area (TPSA) is 3.24 Å². The predicted molar refractivity (Wildman–Crippen MR) is 337 cm³/mol. The van der Waals surface area contributed by atoms with Crippen LogP contribution in [0.2, 0.25) is 0 Å². The van der Waals surface area contributed by atoms with E-state index in [1.165, 1.54) is 86.0 Å². The van der Waals surface area contributed by atoms with Crippen LogP contribution in [0.15, 0.2) is 322 Å². The summed E-state index contributed by atoms with van der Waals surface area (Å²) in [6, 6.07) is 120.